The Balaban J connectivity index is 1.76. The van der Waals surface area contributed by atoms with E-state index in [0.717, 1.165) is 51.3 Å². The second-order valence-electron chi connectivity index (χ2n) is 9.99. The SMILES string of the molecule is CCN(CC)CCNC(=O)c1cc(NC(=O)c2ccc(C(C)(C)C)cc2)ccc1N1CCCC1. The highest BCUT2D eigenvalue weighted by Gasteiger charge is 2.21. The van der Waals surface area contributed by atoms with Crippen molar-refractivity contribution in [3.63, 3.8) is 0 Å². The summed E-state index contributed by atoms with van der Waals surface area (Å²) in [6, 6.07) is 13.4. The summed E-state index contributed by atoms with van der Waals surface area (Å²) in [7, 11) is 0. The lowest BCUT2D eigenvalue weighted by Crippen LogP contribution is -2.35. The van der Waals surface area contributed by atoms with Crippen molar-refractivity contribution in [2.45, 2.75) is 52.9 Å². The molecule has 2 N–H and O–H groups in total. The number of hydrogen-bond acceptors (Lipinski definition) is 4. The first kappa shape index (κ1) is 25.8. The molecule has 0 spiro atoms. The van der Waals surface area contributed by atoms with Crippen molar-refractivity contribution in [1.29, 1.82) is 0 Å². The Morgan fingerprint density at radius 2 is 1.59 bits per heavy atom. The average Bonchev–Trinajstić information content (AvgIpc) is 3.36. The standard InChI is InChI=1S/C28H40N4O2/c1-6-31(7-2)19-16-29-27(34)24-20-23(14-15-25(24)32-17-8-9-18-32)30-26(33)21-10-12-22(13-11-21)28(3,4)5/h10-15,20H,6-9,16-19H2,1-5H3,(H,29,34)(H,30,33). The molecule has 184 valence electrons. The van der Waals surface area contributed by atoms with Gasteiger partial charge in [-0.25, -0.2) is 0 Å². The number of benzene rings is 2. The van der Waals surface area contributed by atoms with Gasteiger partial charge in [-0.3, -0.25) is 9.59 Å². The highest BCUT2D eigenvalue weighted by molar-refractivity contribution is 6.06. The molecule has 6 heteroatoms. The second kappa shape index (κ2) is 11.5. The Morgan fingerprint density at radius 3 is 2.18 bits per heavy atom. The molecule has 0 atom stereocenters. The summed E-state index contributed by atoms with van der Waals surface area (Å²) in [5.41, 5.74) is 3.99. The molecule has 0 saturated carbocycles. The lowest BCUT2D eigenvalue weighted by Gasteiger charge is -2.23. The van der Waals surface area contributed by atoms with E-state index < -0.39 is 0 Å². The van der Waals surface area contributed by atoms with Gasteiger partial charge in [-0.15, -0.1) is 0 Å². The minimum absolute atomic E-state index is 0.0357. The number of carbonyl (C=O) groups is 2. The minimum Gasteiger partial charge on any atom is -0.371 e. The molecule has 0 unspecified atom stereocenters. The molecule has 0 aromatic heterocycles. The van der Waals surface area contributed by atoms with Gasteiger partial charge in [0.05, 0.1) is 5.56 Å². The number of hydrogen-bond donors (Lipinski definition) is 2. The summed E-state index contributed by atoms with van der Waals surface area (Å²) in [5, 5.41) is 6.05. The monoisotopic (exact) mass is 464 g/mol. The van der Waals surface area contributed by atoms with E-state index in [1.54, 1.807) is 0 Å². The largest absolute Gasteiger partial charge is 0.371 e. The molecule has 1 fully saturated rings. The van der Waals surface area contributed by atoms with Crippen LogP contribution in [0.4, 0.5) is 11.4 Å². The number of rotatable bonds is 9. The Labute approximate surface area is 204 Å². The number of likely N-dealkylation sites (N-methyl/N-ethyl adjacent to an activating group) is 1. The maximum atomic E-state index is 13.2. The van der Waals surface area contributed by atoms with Gasteiger partial charge in [-0.2, -0.15) is 0 Å². The normalized spacial score (nSPS) is 13.9. The summed E-state index contributed by atoms with van der Waals surface area (Å²) in [6.45, 7) is 15.9. The molecule has 2 aromatic rings. The highest BCUT2D eigenvalue weighted by Crippen LogP contribution is 2.28. The fourth-order valence-corrected chi connectivity index (χ4v) is 4.32. The molecule has 1 aliphatic rings. The second-order valence-corrected chi connectivity index (χ2v) is 9.99. The summed E-state index contributed by atoms with van der Waals surface area (Å²) >= 11 is 0. The molecule has 0 radical (unpaired) electrons. The van der Waals surface area contributed by atoms with Gasteiger partial charge in [-0.05, 0) is 67.2 Å². The summed E-state index contributed by atoms with van der Waals surface area (Å²) in [6.07, 6.45) is 2.26. The molecular weight excluding hydrogens is 424 g/mol. The number of carbonyl (C=O) groups excluding carboxylic acids is 2. The third-order valence-electron chi connectivity index (χ3n) is 6.57. The lowest BCUT2D eigenvalue weighted by molar-refractivity contribution is 0.0948. The molecule has 1 heterocycles. The van der Waals surface area contributed by atoms with E-state index in [-0.39, 0.29) is 17.2 Å². The van der Waals surface area contributed by atoms with E-state index in [4.69, 9.17) is 0 Å². The van der Waals surface area contributed by atoms with Crippen LogP contribution in [0.5, 0.6) is 0 Å². The van der Waals surface area contributed by atoms with Gasteiger partial charge in [0.1, 0.15) is 0 Å². The number of amides is 2. The van der Waals surface area contributed by atoms with E-state index in [0.29, 0.717) is 23.4 Å². The van der Waals surface area contributed by atoms with Crippen molar-refractivity contribution in [3.05, 3.63) is 59.2 Å². The van der Waals surface area contributed by atoms with Crippen molar-refractivity contribution >= 4 is 23.2 Å². The molecule has 0 aliphatic carbocycles. The van der Waals surface area contributed by atoms with Crippen LogP contribution in [-0.4, -0.2) is 56.0 Å². The summed E-state index contributed by atoms with van der Waals surface area (Å²) in [5.74, 6) is -0.276. The van der Waals surface area contributed by atoms with Crippen LogP contribution < -0.4 is 15.5 Å². The van der Waals surface area contributed by atoms with Crippen molar-refractivity contribution < 1.29 is 9.59 Å². The molecule has 3 rings (SSSR count). The van der Waals surface area contributed by atoms with E-state index in [1.165, 1.54) is 5.56 Å². The zero-order chi connectivity index (χ0) is 24.7. The predicted octanol–water partition coefficient (Wildman–Crippen LogP) is 4.91. The van der Waals surface area contributed by atoms with Gasteiger partial charge in [0.25, 0.3) is 11.8 Å². The van der Waals surface area contributed by atoms with E-state index in [2.05, 4.69) is 55.1 Å². The molecule has 34 heavy (non-hydrogen) atoms. The van der Waals surface area contributed by atoms with Crippen LogP contribution in [0, 0.1) is 0 Å². The topological polar surface area (TPSA) is 64.7 Å². The zero-order valence-corrected chi connectivity index (χ0v) is 21.4. The summed E-state index contributed by atoms with van der Waals surface area (Å²) in [4.78, 5) is 30.6. The fraction of sp³-hybridized carbons (Fsp3) is 0.500. The third kappa shape index (κ3) is 6.60. The minimum atomic E-state index is -0.178. The molecule has 2 amide bonds. The molecular formula is C28H40N4O2. The Hall–Kier alpha value is -2.86. The van der Waals surface area contributed by atoms with Gasteiger partial charge >= 0.3 is 0 Å². The Morgan fingerprint density at radius 1 is 0.941 bits per heavy atom. The first-order valence-corrected chi connectivity index (χ1v) is 12.5. The number of nitrogens with zero attached hydrogens (tertiary/aromatic N) is 2. The maximum Gasteiger partial charge on any atom is 0.255 e. The van der Waals surface area contributed by atoms with Crippen LogP contribution in [0.2, 0.25) is 0 Å². The van der Waals surface area contributed by atoms with Crippen LogP contribution in [0.3, 0.4) is 0 Å². The molecule has 1 aliphatic heterocycles. The maximum absolute atomic E-state index is 13.2. The highest BCUT2D eigenvalue weighted by atomic mass is 16.2. The van der Waals surface area contributed by atoms with Crippen LogP contribution in [0.15, 0.2) is 42.5 Å². The predicted molar refractivity (Wildman–Crippen MR) is 141 cm³/mol. The Kier molecular flexibility index (Phi) is 8.72. The fourth-order valence-electron chi connectivity index (χ4n) is 4.32. The number of anilines is 2. The van der Waals surface area contributed by atoms with Gasteiger partial charge in [0.15, 0.2) is 0 Å². The lowest BCUT2D eigenvalue weighted by atomic mass is 9.87. The van der Waals surface area contributed by atoms with E-state index >= 15 is 0 Å². The first-order valence-electron chi connectivity index (χ1n) is 12.5. The Bertz CT molecular complexity index is 969. The van der Waals surface area contributed by atoms with Gasteiger partial charge in [0.2, 0.25) is 0 Å². The van der Waals surface area contributed by atoms with E-state index in [9.17, 15) is 9.59 Å². The quantitative estimate of drug-likeness (QED) is 0.554. The number of nitrogens with one attached hydrogen (secondary N) is 2. The molecule has 6 nitrogen and oxygen atoms in total. The van der Waals surface area contributed by atoms with Crippen molar-refractivity contribution in [3.8, 4) is 0 Å². The molecule has 2 aromatic carbocycles. The molecule has 1 saturated heterocycles. The van der Waals surface area contributed by atoms with Gasteiger partial charge < -0.3 is 20.4 Å². The summed E-state index contributed by atoms with van der Waals surface area (Å²) < 4.78 is 0. The van der Waals surface area contributed by atoms with Crippen molar-refractivity contribution in [2.75, 3.05) is 49.5 Å². The smallest absolute Gasteiger partial charge is 0.255 e. The van der Waals surface area contributed by atoms with Crippen molar-refractivity contribution in [1.82, 2.24) is 10.2 Å². The van der Waals surface area contributed by atoms with E-state index in [1.807, 2.05) is 42.5 Å². The van der Waals surface area contributed by atoms with Crippen LogP contribution >= 0.6 is 0 Å². The molecule has 0 bridgehead atoms. The zero-order valence-electron chi connectivity index (χ0n) is 21.4. The van der Waals surface area contributed by atoms with Gasteiger partial charge in [0, 0.05) is 43.1 Å². The third-order valence-corrected chi connectivity index (χ3v) is 6.57. The van der Waals surface area contributed by atoms with Crippen LogP contribution in [0.1, 0.15) is 73.7 Å². The van der Waals surface area contributed by atoms with Gasteiger partial charge in [-0.1, -0.05) is 46.8 Å². The van der Waals surface area contributed by atoms with Crippen LogP contribution in [0.25, 0.3) is 0 Å². The van der Waals surface area contributed by atoms with Crippen molar-refractivity contribution in [2.24, 2.45) is 0 Å². The first-order chi connectivity index (χ1) is 16.2. The van der Waals surface area contributed by atoms with Crippen LogP contribution in [-0.2, 0) is 5.41 Å². The average molecular weight is 465 g/mol.